The van der Waals surface area contributed by atoms with Gasteiger partial charge >= 0.3 is 0 Å². The summed E-state index contributed by atoms with van der Waals surface area (Å²) in [6.45, 7) is 1.70. The van der Waals surface area contributed by atoms with Gasteiger partial charge in [0.15, 0.2) is 5.84 Å². The highest BCUT2D eigenvalue weighted by Gasteiger charge is 2.25. The van der Waals surface area contributed by atoms with Gasteiger partial charge in [-0.25, -0.2) is 9.97 Å². The second-order valence-electron chi connectivity index (χ2n) is 4.54. The van der Waals surface area contributed by atoms with Crippen LogP contribution in [0.15, 0.2) is 35.7 Å². The molecule has 3 rings (SSSR count). The lowest BCUT2D eigenvalue weighted by atomic mass is 10.2. The van der Waals surface area contributed by atoms with Gasteiger partial charge in [0, 0.05) is 11.9 Å². The van der Waals surface area contributed by atoms with Crippen LogP contribution in [0, 0.1) is 0 Å². The molecular formula is C13H15N5O2. The Morgan fingerprint density at radius 2 is 2.25 bits per heavy atom. The molecule has 1 unspecified atom stereocenters. The standard InChI is InChI=1S/C13H15N5O2/c14-12(17-19)11-7-18(5-6-20-11)13-9-3-1-2-4-10(9)15-8-16-13/h1-4,8,11,19H,5-7H2,(H2,14,17). The molecule has 7 heteroatoms. The number of hydrogen-bond acceptors (Lipinski definition) is 6. The predicted molar refractivity (Wildman–Crippen MR) is 74.9 cm³/mol. The number of aromatic nitrogens is 2. The van der Waals surface area contributed by atoms with Crippen LogP contribution in [0.1, 0.15) is 0 Å². The van der Waals surface area contributed by atoms with E-state index in [9.17, 15) is 0 Å². The molecule has 1 atom stereocenters. The van der Waals surface area contributed by atoms with E-state index in [4.69, 9.17) is 15.7 Å². The number of nitrogens with zero attached hydrogens (tertiary/aromatic N) is 4. The SMILES string of the molecule is NC(=NO)C1CN(c2ncnc3ccccc23)CCO1. The van der Waals surface area contributed by atoms with Crippen molar-refractivity contribution in [2.75, 3.05) is 24.6 Å². The fourth-order valence-electron chi connectivity index (χ4n) is 2.33. The largest absolute Gasteiger partial charge is 0.409 e. The topological polar surface area (TPSA) is 96.9 Å². The van der Waals surface area contributed by atoms with Crippen molar-refractivity contribution in [1.29, 1.82) is 0 Å². The van der Waals surface area contributed by atoms with Crippen molar-refractivity contribution in [3.63, 3.8) is 0 Å². The van der Waals surface area contributed by atoms with Crippen LogP contribution in [-0.4, -0.2) is 46.8 Å². The maximum absolute atomic E-state index is 8.75. The lowest BCUT2D eigenvalue weighted by molar-refractivity contribution is 0.0805. The second-order valence-corrected chi connectivity index (χ2v) is 4.54. The predicted octanol–water partition coefficient (Wildman–Crippen LogP) is 0.581. The molecule has 0 spiro atoms. The molecule has 20 heavy (non-hydrogen) atoms. The molecule has 0 bridgehead atoms. The number of morpholine rings is 1. The van der Waals surface area contributed by atoms with Gasteiger partial charge in [0.05, 0.1) is 18.7 Å². The first-order valence-electron chi connectivity index (χ1n) is 6.33. The third kappa shape index (κ3) is 2.23. The Balaban J connectivity index is 1.95. The van der Waals surface area contributed by atoms with Crippen molar-refractivity contribution in [3.8, 4) is 0 Å². The molecular weight excluding hydrogens is 258 g/mol. The van der Waals surface area contributed by atoms with Crippen molar-refractivity contribution in [2.45, 2.75) is 6.10 Å². The first kappa shape index (κ1) is 12.6. The molecule has 0 radical (unpaired) electrons. The van der Waals surface area contributed by atoms with E-state index >= 15 is 0 Å². The molecule has 1 fully saturated rings. The van der Waals surface area contributed by atoms with Gasteiger partial charge in [-0.3, -0.25) is 0 Å². The molecule has 104 valence electrons. The lowest BCUT2D eigenvalue weighted by Gasteiger charge is -2.33. The number of oxime groups is 1. The summed E-state index contributed by atoms with van der Waals surface area (Å²) < 4.78 is 5.49. The average molecular weight is 273 g/mol. The zero-order valence-corrected chi connectivity index (χ0v) is 10.8. The Kier molecular flexibility index (Phi) is 3.34. The Labute approximate surface area is 115 Å². The first-order valence-corrected chi connectivity index (χ1v) is 6.33. The maximum atomic E-state index is 8.75. The molecule has 1 saturated heterocycles. The van der Waals surface area contributed by atoms with Gasteiger partial charge in [-0.15, -0.1) is 0 Å². The minimum Gasteiger partial charge on any atom is -0.409 e. The zero-order valence-electron chi connectivity index (χ0n) is 10.8. The quantitative estimate of drug-likeness (QED) is 0.359. The Morgan fingerprint density at radius 1 is 1.40 bits per heavy atom. The van der Waals surface area contributed by atoms with Crippen LogP contribution in [0.25, 0.3) is 10.9 Å². The van der Waals surface area contributed by atoms with Crippen molar-refractivity contribution in [3.05, 3.63) is 30.6 Å². The summed E-state index contributed by atoms with van der Waals surface area (Å²) in [6, 6.07) is 7.83. The summed E-state index contributed by atoms with van der Waals surface area (Å²) in [5.74, 6) is 0.919. The van der Waals surface area contributed by atoms with E-state index in [1.807, 2.05) is 24.3 Å². The average Bonchev–Trinajstić information content (AvgIpc) is 2.53. The number of nitrogens with two attached hydrogens (primary N) is 1. The first-order chi connectivity index (χ1) is 9.79. The summed E-state index contributed by atoms with van der Waals surface area (Å²) in [4.78, 5) is 10.7. The Bertz CT molecular complexity index is 640. The normalized spacial score (nSPS) is 20.3. The number of hydrogen-bond donors (Lipinski definition) is 2. The summed E-state index contributed by atoms with van der Waals surface area (Å²) in [6.07, 6.45) is 1.12. The molecule has 1 aliphatic rings. The number of anilines is 1. The van der Waals surface area contributed by atoms with E-state index in [1.165, 1.54) is 0 Å². The van der Waals surface area contributed by atoms with E-state index in [2.05, 4.69) is 20.0 Å². The molecule has 0 saturated carbocycles. The fraction of sp³-hybridized carbons (Fsp3) is 0.308. The number of rotatable bonds is 2. The highest BCUT2D eigenvalue weighted by molar-refractivity contribution is 5.90. The van der Waals surface area contributed by atoms with Gasteiger partial charge in [0.1, 0.15) is 18.2 Å². The van der Waals surface area contributed by atoms with Crippen LogP contribution in [0.5, 0.6) is 0 Å². The molecule has 1 aliphatic heterocycles. The highest BCUT2D eigenvalue weighted by atomic mass is 16.5. The minimum absolute atomic E-state index is 0.0769. The van der Waals surface area contributed by atoms with Crippen LogP contribution < -0.4 is 10.6 Å². The van der Waals surface area contributed by atoms with E-state index in [0.29, 0.717) is 19.7 Å². The molecule has 2 heterocycles. The van der Waals surface area contributed by atoms with Gasteiger partial charge in [0.2, 0.25) is 0 Å². The number of fused-ring (bicyclic) bond motifs is 1. The van der Waals surface area contributed by atoms with Gasteiger partial charge < -0.3 is 20.6 Å². The van der Waals surface area contributed by atoms with E-state index < -0.39 is 6.10 Å². The number of ether oxygens (including phenoxy) is 1. The minimum atomic E-state index is -0.428. The molecule has 1 aromatic heterocycles. The van der Waals surface area contributed by atoms with Gasteiger partial charge in [-0.2, -0.15) is 0 Å². The number of para-hydroxylation sites is 1. The van der Waals surface area contributed by atoms with Crippen LogP contribution >= 0.6 is 0 Å². The van der Waals surface area contributed by atoms with Crippen LogP contribution in [0.4, 0.5) is 5.82 Å². The summed E-state index contributed by atoms with van der Waals surface area (Å²) in [7, 11) is 0. The van der Waals surface area contributed by atoms with Crippen molar-refractivity contribution in [1.82, 2.24) is 9.97 Å². The third-order valence-corrected chi connectivity index (χ3v) is 3.33. The van der Waals surface area contributed by atoms with Crippen molar-refractivity contribution >= 4 is 22.6 Å². The van der Waals surface area contributed by atoms with E-state index in [1.54, 1.807) is 6.33 Å². The maximum Gasteiger partial charge on any atom is 0.170 e. The number of amidine groups is 1. The highest BCUT2D eigenvalue weighted by Crippen LogP contribution is 2.24. The monoisotopic (exact) mass is 273 g/mol. The second kappa shape index (κ2) is 5.30. The van der Waals surface area contributed by atoms with Crippen LogP contribution in [-0.2, 0) is 4.74 Å². The summed E-state index contributed by atoms with van der Waals surface area (Å²) in [5.41, 5.74) is 6.51. The molecule has 2 aromatic rings. The molecule has 0 aliphatic carbocycles. The lowest BCUT2D eigenvalue weighted by Crippen LogP contribution is -2.48. The van der Waals surface area contributed by atoms with Gasteiger partial charge in [0.25, 0.3) is 0 Å². The van der Waals surface area contributed by atoms with Crippen LogP contribution in [0.2, 0.25) is 0 Å². The van der Waals surface area contributed by atoms with Gasteiger partial charge in [-0.1, -0.05) is 17.3 Å². The number of benzene rings is 1. The van der Waals surface area contributed by atoms with Crippen molar-refractivity contribution < 1.29 is 9.94 Å². The third-order valence-electron chi connectivity index (χ3n) is 3.33. The van der Waals surface area contributed by atoms with Crippen LogP contribution in [0.3, 0.4) is 0 Å². The molecule has 7 nitrogen and oxygen atoms in total. The van der Waals surface area contributed by atoms with E-state index in [0.717, 1.165) is 16.7 Å². The molecule has 0 amide bonds. The fourth-order valence-corrected chi connectivity index (χ4v) is 2.33. The molecule has 1 aromatic carbocycles. The Hall–Kier alpha value is -2.41. The summed E-state index contributed by atoms with van der Waals surface area (Å²) in [5, 5.41) is 12.7. The Morgan fingerprint density at radius 3 is 3.10 bits per heavy atom. The van der Waals surface area contributed by atoms with Crippen molar-refractivity contribution in [2.24, 2.45) is 10.9 Å². The summed E-state index contributed by atoms with van der Waals surface area (Å²) >= 11 is 0. The molecule has 3 N–H and O–H groups in total. The zero-order chi connectivity index (χ0) is 13.9. The van der Waals surface area contributed by atoms with E-state index in [-0.39, 0.29) is 5.84 Å². The van der Waals surface area contributed by atoms with Gasteiger partial charge in [-0.05, 0) is 12.1 Å². The smallest absolute Gasteiger partial charge is 0.170 e.